The minimum atomic E-state index is -1.40. The Kier molecular flexibility index (Phi) is 7.91. The minimum absolute atomic E-state index is 0.193. The van der Waals surface area contributed by atoms with Crippen molar-refractivity contribution < 1.29 is 38.2 Å². The number of carbonyl (C=O) groups excluding carboxylic acids is 4. The summed E-state index contributed by atoms with van der Waals surface area (Å²) in [6, 6.07) is 11.6. The van der Waals surface area contributed by atoms with E-state index in [-0.39, 0.29) is 29.7 Å². The van der Waals surface area contributed by atoms with Crippen molar-refractivity contribution in [3.8, 4) is 5.75 Å². The van der Waals surface area contributed by atoms with Crippen LogP contribution in [0.15, 0.2) is 48.7 Å². The molecule has 1 unspecified atom stereocenters. The van der Waals surface area contributed by atoms with E-state index in [1.807, 2.05) is 31.6 Å². The zero-order valence-corrected chi connectivity index (χ0v) is 25.2. The molecule has 12 nitrogen and oxygen atoms in total. The summed E-state index contributed by atoms with van der Waals surface area (Å²) in [6.45, 7) is 12.2. The van der Waals surface area contributed by atoms with Crippen LogP contribution in [0.2, 0.25) is 0 Å². The van der Waals surface area contributed by atoms with Crippen LogP contribution in [0.1, 0.15) is 62.3 Å². The number of hydrogen-bond acceptors (Lipinski definition) is 9. The van der Waals surface area contributed by atoms with E-state index >= 15 is 0 Å². The van der Waals surface area contributed by atoms with Gasteiger partial charge in [-0.1, -0.05) is 12.1 Å². The van der Waals surface area contributed by atoms with Gasteiger partial charge in [-0.05, 0) is 71.9 Å². The Labute approximate surface area is 249 Å². The molecule has 0 aliphatic carbocycles. The first-order valence-corrected chi connectivity index (χ1v) is 14.1. The molecule has 0 saturated carbocycles. The van der Waals surface area contributed by atoms with Gasteiger partial charge in [0, 0.05) is 37.1 Å². The zero-order chi connectivity index (χ0) is 31.1. The number of hydrogen-bond donors (Lipinski definition) is 0. The highest BCUT2D eigenvalue weighted by Crippen LogP contribution is 2.26. The smallest absolute Gasteiger partial charge is 0.410 e. The van der Waals surface area contributed by atoms with Gasteiger partial charge in [0.1, 0.15) is 23.6 Å². The summed E-state index contributed by atoms with van der Waals surface area (Å²) in [5.41, 5.74) is -0.230. The molecule has 1 aromatic heterocycles. The lowest BCUT2D eigenvalue weighted by Gasteiger charge is -2.39. The number of nitrogens with zero attached hydrogens (tertiary/aromatic N) is 4. The molecule has 12 heteroatoms. The lowest BCUT2D eigenvalue weighted by Crippen LogP contribution is -2.52. The molecule has 0 spiro atoms. The number of hydroxylamine groups is 2. The molecule has 2 aromatic carbocycles. The first-order valence-electron chi connectivity index (χ1n) is 14.1. The van der Waals surface area contributed by atoms with Crippen LogP contribution in [-0.4, -0.2) is 80.6 Å². The van der Waals surface area contributed by atoms with Crippen molar-refractivity contribution in [1.82, 2.24) is 19.7 Å². The monoisotopic (exact) mass is 592 g/mol. The quantitative estimate of drug-likeness (QED) is 0.279. The van der Waals surface area contributed by atoms with E-state index < -0.39 is 35.1 Å². The Morgan fingerprint density at radius 1 is 0.930 bits per heavy atom. The van der Waals surface area contributed by atoms with Crippen molar-refractivity contribution >= 4 is 34.8 Å². The fourth-order valence-electron chi connectivity index (χ4n) is 4.73. The molecule has 3 amide bonds. The molecule has 1 fully saturated rings. The summed E-state index contributed by atoms with van der Waals surface area (Å²) in [5.74, 6) is -1.41. The van der Waals surface area contributed by atoms with Crippen molar-refractivity contribution in [1.29, 1.82) is 0 Å². The Hall–Kier alpha value is -4.45. The average Bonchev–Trinajstić information content (AvgIpc) is 3.39. The number of amides is 3. The van der Waals surface area contributed by atoms with Crippen molar-refractivity contribution in [3.63, 3.8) is 0 Å². The van der Waals surface area contributed by atoms with Crippen molar-refractivity contribution in [3.05, 3.63) is 59.8 Å². The molecular formula is C31H36N4O8. The number of benzene rings is 2. The maximum absolute atomic E-state index is 13.0. The molecule has 2 aliphatic heterocycles. The van der Waals surface area contributed by atoms with Gasteiger partial charge >= 0.3 is 12.1 Å². The Balaban J connectivity index is 1.23. The summed E-state index contributed by atoms with van der Waals surface area (Å²) in [5, 5.41) is 6.02. The minimum Gasteiger partial charge on any atom is -0.490 e. The molecular weight excluding hydrogens is 556 g/mol. The summed E-state index contributed by atoms with van der Waals surface area (Å²) < 4.78 is 18.6. The number of imide groups is 1. The van der Waals surface area contributed by atoms with E-state index in [1.165, 1.54) is 12.1 Å². The second-order valence-corrected chi connectivity index (χ2v) is 12.7. The van der Waals surface area contributed by atoms with Crippen molar-refractivity contribution in [2.75, 3.05) is 19.7 Å². The third-order valence-electron chi connectivity index (χ3n) is 6.64. The highest BCUT2D eigenvalue weighted by Gasteiger charge is 2.41. The van der Waals surface area contributed by atoms with Crippen molar-refractivity contribution in [2.45, 2.75) is 65.4 Å². The van der Waals surface area contributed by atoms with Gasteiger partial charge in [0.2, 0.25) is 6.10 Å². The van der Waals surface area contributed by atoms with Crippen LogP contribution in [-0.2, 0) is 25.7 Å². The van der Waals surface area contributed by atoms with Gasteiger partial charge in [-0.15, -0.1) is 5.06 Å². The number of esters is 1. The highest BCUT2D eigenvalue weighted by atomic mass is 16.7. The van der Waals surface area contributed by atoms with Gasteiger partial charge < -0.3 is 19.1 Å². The van der Waals surface area contributed by atoms with Gasteiger partial charge in [0.15, 0.2) is 0 Å². The van der Waals surface area contributed by atoms with E-state index in [0.717, 1.165) is 10.9 Å². The van der Waals surface area contributed by atoms with Crippen molar-refractivity contribution in [2.24, 2.45) is 5.92 Å². The lowest BCUT2D eigenvalue weighted by atomic mass is 10.0. The first kappa shape index (κ1) is 30.0. The third-order valence-corrected chi connectivity index (χ3v) is 6.64. The summed E-state index contributed by atoms with van der Waals surface area (Å²) in [7, 11) is 0. The zero-order valence-electron chi connectivity index (χ0n) is 25.2. The number of likely N-dealkylation sites (tertiary alicyclic amines) is 1. The van der Waals surface area contributed by atoms with E-state index in [9.17, 15) is 19.2 Å². The van der Waals surface area contributed by atoms with E-state index in [1.54, 1.807) is 56.0 Å². The standard InChI is InChI=1S/C31H36N4O8/c1-30(2,3)41-28(38)25(43-35-26(36)22-9-7-8-10-23(22)27(35)37)18-40-21-11-12-24-20(13-21)17-34(32-24)16-19-14-33(15-19)29(39)42-31(4,5)6/h7-13,17,19,25H,14-16,18H2,1-6H3. The van der Waals surface area contributed by atoms with E-state index in [2.05, 4.69) is 5.10 Å². The van der Waals surface area contributed by atoms with E-state index in [4.69, 9.17) is 19.0 Å². The molecule has 2 aliphatic rings. The average molecular weight is 593 g/mol. The van der Waals surface area contributed by atoms with Gasteiger partial charge in [0.05, 0.1) is 16.6 Å². The molecule has 3 aromatic rings. The number of rotatable bonds is 8. The number of ether oxygens (including phenoxy) is 3. The second kappa shape index (κ2) is 11.3. The molecule has 1 atom stereocenters. The Morgan fingerprint density at radius 2 is 1.56 bits per heavy atom. The predicted molar refractivity (Wildman–Crippen MR) is 154 cm³/mol. The Morgan fingerprint density at radius 3 is 2.16 bits per heavy atom. The predicted octanol–water partition coefficient (Wildman–Crippen LogP) is 4.22. The topological polar surface area (TPSA) is 130 Å². The normalized spacial score (nSPS) is 16.2. The van der Waals surface area contributed by atoms with Crippen LogP contribution in [0.3, 0.4) is 0 Å². The number of carbonyl (C=O) groups is 4. The Bertz CT molecular complexity index is 1530. The van der Waals surface area contributed by atoms with Gasteiger partial charge in [-0.25, -0.2) is 14.4 Å². The molecule has 0 bridgehead atoms. The van der Waals surface area contributed by atoms with Crippen LogP contribution in [0.5, 0.6) is 5.75 Å². The molecule has 228 valence electrons. The fraction of sp³-hybridized carbons (Fsp3) is 0.452. The highest BCUT2D eigenvalue weighted by molar-refractivity contribution is 6.20. The van der Waals surface area contributed by atoms with Gasteiger partial charge in [-0.3, -0.25) is 14.3 Å². The maximum atomic E-state index is 13.0. The molecule has 1 saturated heterocycles. The summed E-state index contributed by atoms with van der Waals surface area (Å²) >= 11 is 0. The van der Waals surface area contributed by atoms with Crippen LogP contribution in [0.25, 0.3) is 10.9 Å². The SMILES string of the molecule is CC(C)(C)OC(=O)C(COc1ccc2nn(CC3CN(C(=O)OC(C)(C)C)C3)cc2c1)ON1C(=O)c2ccccc2C1=O. The summed E-state index contributed by atoms with van der Waals surface area (Å²) in [6.07, 6.45) is 0.179. The molecule has 5 rings (SSSR count). The van der Waals surface area contributed by atoms with Crippen LogP contribution in [0, 0.1) is 5.92 Å². The van der Waals surface area contributed by atoms with Gasteiger partial charge in [0.25, 0.3) is 11.8 Å². The maximum Gasteiger partial charge on any atom is 0.410 e. The number of fused-ring (bicyclic) bond motifs is 2. The molecule has 0 radical (unpaired) electrons. The largest absolute Gasteiger partial charge is 0.490 e. The van der Waals surface area contributed by atoms with Gasteiger partial charge in [-0.2, -0.15) is 5.10 Å². The lowest BCUT2D eigenvalue weighted by molar-refractivity contribution is -0.193. The van der Waals surface area contributed by atoms with Crippen LogP contribution < -0.4 is 4.74 Å². The molecule has 3 heterocycles. The van der Waals surface area contributed by atoms with Crippen LogP contribution >= 0.6 is 0 Å². The molecule has 43 heavy (non-hydrogen) atoms. The van der Waals surface area contributed by atoms with Crippen LogP contribution in [0.4, 0.5) is 4.79 Å². The molecule has 0 N–H and O–H groups in total. The fourth-order valence-corrected chi connectivity index (χ4v) is 4.73. The third kappa shape index (κ3) is 6.96. The van der Waals surface area contributed by atoms with E-state index in [0.29, 0.717) is 30.4 Å². The number of aromatic nitrogens is 2. The first-order chi connectivity index (χ1) is 20.2. The second-order valence-electron chi connectivity index (χ2n) is 12.7. The summed E-state index contributed by atoms with van der Waals surface area (Å²) in [4.78, 5) is 58.2.